The number of carbonyl (C=O) groups excluding carboxylic acids is 2. The predicted octanol–water partition coefficient (Wildman–Crippen LogP) is 8.80. The van der Waals surface area contributed by atoms with E-state index in [1.807, 2.05) is 0 Å². The molecule has 0 saturated heterocycles. The van der Waals surface area contributed by atoms with Crippen molar-refractivity contribution in [2.75, 3.05) is 13.2 Å². The molecule has 0 rings (SSSR count). The van der Waals surface area contributed by atoms with Gasteiger partial charge in [-0.3, -0.25) is 9.59 Å². The van der Waals surface area contributed by atoms with Gasteiger partial charge in [0, 0.05) is 0 Å². The van der Waals surface area contributed by atoms with Crippen LogP contribution in [-0.4, -0.2) is 43.2 Å². The molecule has 0 aromatic carbocycles. The minimum absolute atomic E-state index is 0.0338. The fourth-order valence-corrected chi connectivity index (χ4v) is 3.93. The number of esters is 2. The van der Waals surface area contributed by atoms with Crippen molar-refractivity contribution >= 4 is 11.9 Å². The van der Waals surface area contributed by atoms with E-state index in [-0.39, 0.29) is 19.4 Å². The number of carbonyl (C=O) groups is 2. The number of hydrogen-bond acceptors (Lipinski definition) is 4. The largest absolute Gasteiger partial charge is 0.465 e. The second kappa shape index (κ2) is 17.1. The Balaban J connectivity index is 4.41. The molecule has 0 unspecified atom stereocenters. The molecule has 0 saturated carbocycles. The molecule has 0 fully saturated rings. The second-order valence-corrected chi connectivity index (χ2v) is 9.52. The Labute approximate surface area is 216 Å². The molecule has 0 spiro atoms. The van der Waals surface area contributed by atoms with Gasteiger partial charge < -0.3 is 9.47 Å². The SMILES string of the molecule is CCCCCCCCCCCCCCCOC(=O)C(CC)(CC)C(=O)OCC(F)(F)C(F)(F)C(F)(F)F. The molecule has 0 bridgehead atoms. The van der Waals surface area contributed by atoms with Crippen LogP contribution in [0.3, 0.4) is 0 Å². The zero-order valence-electron chi connectivity index (χ0n) is 22.3. The van der Waals surface area contributed by atoms with Crippen LogP contribution in [-0.2, 0) is 19.1 Å². The summed E-state index contributed by atoms with van der Waals surface area (Å²) in [5.41, 5.74) is -2.07. The van der Waals surface area contributed by atoms with E-state index in [0.29, 0.717) is 6.42 Å². The minimum Gasteiger partial charge on any atom is -0.465 e. The van der Waals surface area contributed by atoms with Crippen LogP contribution in [0.4, 0.5) is 30.7 Å². The maximum atomic E-state index is 13.5. The van der Waals surface area contributed by atoms with Crippen molar-refractivity contribution in [2.24, 2.45) is 5.41 Å². The van der Waals surface area contributed by atoms with Crippen molar-refractivity contribution in [3.8, 4) is 0 Å². The minimum atomic E-state index is -6.54. The molecule has 11 heteroatoms. The lowest BCUT2D eigenvalue weighted by molar-refractivity contribution is -0.360. The maximum absolute atomic E-state index is 13.5. The zero-order chi connectivity index (χ0) is 28.6. The third-order valence-corrected chi connectivity index (χ3v) is 6.67. The predicted molar refractivity (Wildman–Crippen MR) is 127 cm³/mol. The van der Waals surface area contributed by atoms with Crippen LogP contribution >= 0.6 is 0 Å². The Kier molecular flexibility index (Phi) is 16.4. The molecule has 0 heterocycles. The van der Waals surface area contributed by atoms with E-state index in [1.54, 1.807) is 0 Å². The highest BCUT2D eigenvalue weighted by Gasteiger charge is 2.73. The topological polar surface area (TPSA) is 52.6 Å². The second-order valence-electron chi connectivity index (χ2n) is 9.52. The monoisotopic (exact) mass is 552 g/mol. The van der Waals surface area contributed by atoms with Crippen LogP contribution in [0.5, 0.6) is 0 Å². The summed E-state index contributed by atoms with van der Waals surface area (Å²) in [6.45, 7) is 2.36. The van der Waals surface area contributed by atoms with Gasteiger partial charge in [-0.1, -0.05) is 97.8 Å². The lowest BCUT2D eigenvalue weighted by Gasteiger charge is -2.30. The Morgan fingerprint density at radius 3 is 1.32 bits per heavy atom. The normalized spacial score (nSPS) is 13.0. The van der Waals surface area contributed by atoms with Crippen LogP contribution in [0.15, 0.2) is 0 Å². The highest BCUT2D eigenvalue weighted by atomic mass is 19.4. The van der Waals surface area contributed by atoms with E-state index in [9.17, 15) is 40.3 Å². The number of rotatable bonds is 21. The van der Waals surface area contributed by atoms with Crippen molar-refractivity contribution < 1.29 is 49.8 Å². The Hall–Kier alpha value is -1.55. The molecule has 0 aliphatic carbocycles. The molecule has 0 N–H and O–H groups in total. The van der Waals surface area contributed by atoms with Crippen LogP contribution < -0.4 is 0 Å². The van der Waals surface area contributed by atoms with Crippen molar-refractivity contribution in [1.29, 1.82) is 0 Å². The molecule has 4 nitrogen and oxygen atoms in total. The van der Waals surface area contributed by atoms with Crippen LogP contribution in [0.2, 0.25) is 0 Å². The van der Waals surface area contributed by atoms with E-state index >= 15 is 0 Å². The van der Waals surface area contributed by atoms with Gasteiger partial charge in [-0.25, -0.2) is 0 Å². The Morgan fingerprint density at radius 2 is 0.946 bits per heavy atom. The number of ether oxygens (including phenoxy) is 2. The average molecular weight is 553 g/mol. The summed E-state index contributed by atoms with van der Waals surface area (Å²) in [6.07, 6.45) is 7.37. The van der Waals surface area contributed by atoms with Gasteiger partial charge in [0.2, 0.25) is 0 Å². The molecule has 0 atom stereocenters. The van der Waals surface area contributed by atoms with Gasteiger partial charge in [-0.05, 0) is 19.3 Å². The van der Waals surface area contributed by atoms with Crippen molar-refractivity contribution in [3.05, 3.63) is 0 Å². The molecule has 0 aromatic rings. The van der Waals surface area contributed by atoms with Crippen LogP contribution in [0, 0.1) is 5.41 Å². The summed E-state index contributed by atoms with van der Waals surface area (Å²) in [6, 6.07) is 0. The van der Waals surface area contributed by atoms with Crippen LogP contribution in [0.1, 0.15) is 117 Å². The summed E-state index contributed by atoms with van der Waals surface area (Å²) in [5, 5.41) is 0. The molecule has 0 aliphatic rings. The molecule has 0 radical (unpaired) electrons. The Morgan fingerprint density at radius 1 is 0.568 bits per heavy atom. The summed E-state index contributed by atoms with van der Waals surface area (Å²) in [4.78, 5) is 24.9. The van der Waals surface area contributed by atoms with E-state index in [4.69, 9.17) is 4.74 Å². The third-order valence-electron chi connectivity index (χ3n) is 6.67. The first-order valence-corrected chi connectivity index (χ1v) is 13.4. The van der Waals surface area contributed by atoms with Crippen molar-refractivity contribution in [2.45, 2.75) is 135 Å². The standard InChI is InChI=1S/C26H43F7O4/c1-4-7-8-9-10-11-12-13-14-15-16-17-18-19-36-21(34)23(5-2,6-3)22(35)37-20-24(27,28)25(29,30)26(31,32)33/h4-20H2,1-3H3. The van der Waals surface area contributed by atoms with Gasteiger partial charge in [0.05, 0.1) is 6.61 Å². The van der Waals surface area contributed by atoms with Crippen molar-refractivity contribution in [1.82, 2.24) is 0 Å². The highest BCUT2D eigenvalue weighted by molar-refractivity contribution is 6.00. The van der Waals surface area contributed by atoms with Gasteiger partial charge in [0.15, 0.2) is 12.0 Å². The number of unbranched alkanes of at least 4 members (excludes halogenated alkanes) is 12. The van der Waals surface area contributed by atoms with Crippen molar-refractivity contribution in [3.63, 3.8) is 0 Å². The summed E-state index contributed by atoms with van der Waals surface area (Å²) in [5.74, 6) is -14.8. The molecule has 0 amide bonds. The van der Waals surface area contributed by atoms with Gasteiger partial charge in [-0.2, -0.15) is 30.7 Å². The van der Waals surface area contributed by atoms with E-state index in [2.05, 4.69) is 11.7 Å². The molecular weight excluding hydrogens is 509 g/mol. The van der Waals surface area contributed by atoms with Crippen LogP contribution in [0.25, 0.3) is 0 Å². The number of halogens is 7. The zero-order valence-corrected chi connectivity index (χ0v) is 22.3. The summed E-state index contributed by atoms with van der Waals surface area (Å²) < 4.78 is 99.1. The Bertz CT molecular complexity index is 647. The number of alkyl halides is 7. The highest BCUT2D eigenvalue weighted by Crippen LogP contribution is 2.46. The quantitative estimate of drug-likeness (QED) is 0.0618. The fourth-order valence-electron chi connectivity index (χ4n) is 3.93. The first-order chi connectivity index (χ1) is 17.2. The average Bonchev–Trinajstić information content (AvgIpc) is 2.83. The first-order valence-electron chi connectivity index (χ1n) is 13.4. The molecule has 37 heavy (non-hydrogen) atoms. The van der Waals surface area contributed by atoms with Gasteiger partial charge >= 0.3 is 30.0 Å². The first kappa shape index (κ1) is 35.5. The molecule has 0 aliphatic heterocycles. The third kappa shape index (κ3) is 11.4. The number of hydrogen-bond donors (Lipinski definition) is 0. The van der Waals surface area contributed by atoms with Gasteiger partial charge in [0.25, 0.3) is 0 Å². The fraction of sp³-hybridized carbons (Fsp3) is 0.923. The molecular formula is C26H43F7O4. The summed E-state index contributed by atoms with van der Waals surface area (Å²) in [7, 11) is 0. The summed E-state index contributed by atoms with van der Waals surface area (Å²) >= 11 is 0. The lowest BCUT2D eigenvalue weighted by Crippen LogP contribution is -2.55. The van der Waals surface area contributed by atoms with Gasteiger partial charge in [-0.15, -0.1) is 0 Å². The smallest absolute Gasteiger partial charge is 0.460 e. The van der Waals surface area contributed by atoms with Gasteiger partial charge in [0.1, 0.15) is 0 Å². The molecule has 0 aromatic heterocycles. The van der Waals surface area contributed by atoms with E-state index < -0.39 is 42.0 Å². The molecule has 220 valence electrons. The van der Waals surface area contributed by atoms with E-state index in [0.717, 1.165) is 25.7 Å². The van der Waals surface area contributed by atoms with E-state index in [1.165, 1.54) is 65.2 Å². The lowest BCUT2D eigenvalue weighted by atomic mass is 9.82. The maximum Gasteiger partial charge on any atom is 0.460 e.